The van der Waals surface area contributed by atoms with Crippen molar-refractivity contribution in [1.29, 1.82) is 0 Å². The van der Waals surface area contributed by atoms with Crippen molar-refractivity contribution < 1.29 is 9.53 Å². The SMILES string of the molecule is COC(C)(C)C.NC(N)=C(Br)/C=C(\N)CCCCn1cc(C=O)nn1. The summed E-state index contributed by atoms with van der Waals surface area (Å²) in [4.78, 5) is 10.4. The van der Waals surface area contributed by atoms with E-state index in [1.165, 1.54) is 0 Å². The molecule has 0 saturated heterocycles. The molecule has 0 atom stereocenters. The normalized spacial score (nSPS) is 11.5. The summed E-state index contributed by atoms with van der Waals surface area (Å²) in [5.74, 6) is 0.201. The zero-order valence-electron chi connectivity index (χ0n) is 15.3. The van der Waals surface area contributed by atoms with Crippen LogP contribution < -0.4 is 17.2 Å². The van der Waals surface area contributed by atoms with Crippen LogP contribution in [-0.4, -0.2) is 34.0 Å². The molecule has 0 aromatic carbocycles. The standard InChI is InChI=1S/C11H17BrN6O.C5H12O/c12-10(11(14)15)5-8(13)3-1-2-4-18-6-9(7-19)16-17-18;1-5(2,3)6-4/h5-7H,1-4,13-15H2;1-4H3/b8-5-;. The molecule has 0 unspecified atom stereocenters. The van der Waals surface area contributed by atoms with E-state index in [2.05, 4.69) is 26.2 Å². The third-order valence-electron chi connectivity index (χ3n) is 2.98. The molecule has 0 spiro atoms. The molecule has 0 saturated carbocycles. The van der Waals surface area contributed by atoms with E-state index in [0.717, 1.165) is 19.3 Å². The molecule has 0 fully saturated rings. The Morgan fingerprint density at radius 3 is 2.36 bits per heavy atom. The van der Waals surface area contributed by atoms with Crippen LogP contribution in [0.5, 0.6) is 0 Å². The summed E-state index contributed by atoms with van der Waals surface area (Å²) in [5.41, 5.74) is 17.7. The number of aldehydes is 1. The highest BCUT2D eigenvalue weighted by molar-refractivity contribution is 9.11. The lowest BCUT2D eigenvalue weighted by molar-refractivity contribution is 0.0397. The first-order chi connectivity index (χ1) is 11.6. The number of aromatic nitrogens is 3. The second kappa shape index (κ2) is 11.6. The van der Waals surface area contributed by atoms with Gasteiger partial charge in [-0.3, -0.25) is 9.48 Å². The lowest BCUT2D eigenvalue weighted by atomic mass is 10.2. The molecule has 0 aliphatic carbocycles. The van der Waals surface area contributed by atoms with Crippen LogP contribution in [0, 0.1) is 0 Å². The molecule has 0 aliphatic rings. The fourth-order valence-corrected chi connectivity index (χ4v) is 1.69. The Morgan fingerprint density at radius 1 is 1.32 bits per heavy atom. The lowest BCUT2D eigenvalue weighted by Crippen LogP contribution is -2.15. The first kappa shape index (κ1) is 23.1. The highest BCUT2D eigenvalue weighted by Crippen LogP contribution is 2.12. The number of rotatable bonds is 7. The van der Waals surface area contributed by atoms with E-state index in [1.807, 2.05) is 20.8 Å². The van der Waals surface area contributed by atoms with Crippen LogP contribution >= 0.6 is 15.9 Å². The van der Waals surface area contributed by atoms with Crippen LogP contribution in [0.3, 0.4) is 0 Å². The fourth-order valence-electron chi connectivity index (χ4n) is 1.40. The number of unbranched alkanes of at least 4 members (excludes halogenated alkanes) is 1. The molecule has 9 heteroatoms. The predicted molar refractivity (Wildman–Crippen MR) is 103 cm³/mol. The van der Waals surface area contributed by atoms with E-state index < -0.39 is 0 Å². The van der Waals surface area contributed by atoms with Crippen LogP contribution in [0.1, 0.15) is 50.5 Å². The van der Waals surface area contributed by atoms with E-state index >= 15 is 0 Å². The minimum absolute atomic E-state index is 0.0417. The van der Waals surface area contributed by atoms with Gasteiger partial charge in [-0.05, 0) is 62.0 Å². The van der Waals surface area contributed by atoms with Crippen molar-refractivity contribution in [3.05, 3.63) is 34.0 Å². The molecular weight excluding hydrogens is 388 g/mol. The Bertz CT molecular complexity index is 586. The van der Waals surface area contributed by atoms with Gasteiger partial charge in [0.2, 0.25) is 0 Å². The number of methoxy groups -OCH3 is 1. The van der Waals surface area contributed by atoms with Gasteiger partial charge in [0.15, 0.2) is 6.29 Å². The summed E-state index contributed by atoms with van der Waals surface area (Å²) in [7, 11) is 1.71. The van der Waals surface area contributed by atoms with Gasteiger partial charge >= 0.3 is 0 Å². The van der Waals surface area contributed by atoms with Gasteiger partial charge < -0.3 is 21.9 Å². The molecule has 25 heavy (non-hydrogen) atoms. The molecular formula is C16H29BrN6O2. The minimum atomic E-state index is 0.0417. The Hall–Kier alpha value is -1.87. The summed E-state index contributed by atoms with van der Waals surface area (Å²) in [6.07, 6.45) is 6.50. The largest absolute Gasteiger partial charge is 0.402 e. The van der Waals surface area contributed by atoms with Crippen LogP contribution in [0.4, 0.5) is 0 Å². The molecule has 0 aliphatic heterocycles. The molecule has 0 amide bonds. The number of ether oxygens (including phenoxy) is 1. The van der Waals surface area contributed by atoms with Crippen molar-refractivity contribution in [1.82, 2.24) is 15.0 Å². The second-order valence-corrected chi connectivity index (χ2v) is 7.17. The van der Waals surface area contributed by atoms with Crippen LogP contribution in [-0.2, 0) is 11.3 Å². The van der Waals surface area contributed by atoms with E-state index in [0.29, 0.717) is 28.7 Å². The number of carbonyl (C=O) groups excluding carboxylic acids is 1. The number of carbonyl (C=O) groups is 1. The van der Waals surface area contributed by atoms with Gasteiger partial charge in [0.05, 0.1) is 16.3 Å². The number of nitrogens with two attached hydrogens (primary N) is 3. The maximum atomic E-state index is 10.4. The summed E-state index contributed by atoms with van der Waals surface area (Å²) >= 11 is 3.22. The molecule has 142 valence electrons. The Kier molecular flexibility index (Phi) is 10.8. The first-order valence-corrected chi connectivity index (χ1v) is 8.65. The molecule has 1 heterocycles. The average Bonchev–Trinajstić information content (AvgIpc) is 2.99. The number of hydrogen-bond acceptors (Lipinski definition) is 7. The van der Waals surface area contributed by atoms with Gasteiger partial charge in [-0.2, -0.15) is 0 Å². The summed E-state index contributed by atoms with van der Waals surface area (Å²) in [6, 6.07) is 0. The number of aryl methyl sites for hydroxylation is 1. The van der Waals surface area contributed by atoms with Crippen molar-refractivity contribution in [2.45, 2.75) is 52.2 Å². The number of nitrogens with zero attached hydrogens (tertiary/aromatic N) is 3. The quantitative estimate of drug-likeness (QED) is 0.351. The van der Waals surface area contributed by atoms with Crippen molar-refractivity contribution in [2.24, 2.45) is 17.2 Å². The van der Waals surface area contributed by atoms with Gasteiger partial charge in [0, 0.05) is 19.4 Å². The summed E-state index contributed by atoms with van der Waals surface area (Å²) in [5, 5.41) is 7.49. The predicted octanol–water partition coefficient (Wildman–Crippen LogP) is 2.02. The van der Waals surface area contributed by atoms with Gasteiger partial charge in [0.25, 0.3) is 0 Å². The molecule has 1 aromatic rings. The van der Waals surface area contributed by atoms with Gasteiger partial charge in [0.1, 0.15) is 11.5 Å². The molecule has 6 N–H and O–H groups in total. The number of halogens is 1. The molecule has 1 rings (SSSR count). The van der Waals surface area contributed by atoms with E-state index in [4.69, 9.17) is 21.9 Å². The third kappa shape index (κ3) is 12.2. The van der Waals surface area contributed by atoms with E-state index in [9.17, 15) is 4.79 Å². The van der Waals surface area contributed by atoms with Crippen LogP contribution in [0.15, 0.2) is 28.3 Å². The Morgan fingerprint density at radius 2 is 1.92 bits per heavy atom. The summed E-state index contributed by atoms with van der Waals surface area (Å²) < 4.78 is 7.17. The lowest BCUT2D eigenvalue weighted by Gasteiger charge is -2.14. The molecule has 1 aromatic heterocycles. The third-order valence-corrected chi connectivity index (χ3v) is 3.67. The maximum absolute atomic E-state index is 10.4. The molecule has 0 radical (unpaired) electrons. The highest BCUT2D eigenvalue weighted by atomic mass is 79.9. The number of allylic oxidation sites excluding steroid dienone is 3. The van der Waals surface area contributed by atoms with Crippen LogP contribution in [0.2, 0.25) is 0 Å². The summed E-state index contributed by atoms with van der Waals surface area (Å²) in [6.45, 7) is 6.76. The minimum Gasteiger partial charge on any atom is -0.402 e. The monoisotopic (exact) mass is 416 g/mol. The van der Waals surface area contributed by atoms with Crippen molar-refractivity contribution in [3.63, 3.8) is 0 Å². The van der Waals surface area contributed by atoms with Gasteiger partial charge in [-0.1, -0.05) is 5.21 Å². The maximum Gasteiger partial charge on any atom is 0.171 e. The molecule has 0 bridgehead atoms. The van der Waals surface area contributed by atoms with E-state index in [-0.39, 0.29) is 11.4 Å². The smallest absolute Gasteiger partial charge is 0.171 e. The zero-order chi connectivity index (χ0) is 19.5. The Balaban J connectivity index is 0.000000823. The van der Waals surface area contributed by atoms with Gasteiger partial charge in [-0.15, -0.1) is 5.10 Å². The van der Waals surface area contributed by atoms with Gasteiger partial charge in [-0.25, -0.2) is 0 Å². The van der Waals surface area contributed by atoms with Crippen molar-refractivity contribution >= 4 is 22.2 Å². The number of hydrogen-bond donors (Lipinski definition) is 3. The second-order valence-electron chi connectivity index (χ2n) is 6.32. The zero-order valence-corrected chi connectivity index (χ0v) is 16.9. The first-order valence-electron chi connectivity index (χ1n) is 7.86. The molecule has 8 nitrogen and oxygen atoms in total. The Labute approximate surface area is 157 Å². The van der Waals surface area contributed by atoms with Crippen molar-refractivity contribution in [2.75, 3.05) is 7.11 Å². The van der Waals surface area contributed by atoms with E-state index in [1.54, 1.807) is 24.1 Å². The van der Waals surface area contributed by atoms with Crippen molar-refractivity contribution in [3.8, 4) is 0 Å². The average molecular weight is 417 g/mol. The van der Waals surface area contributed by atoms with Crippen LogP contribution in [0.25, 0.3) is 0 Å². The topological polar surface area (TPSA) is 135 Å². The highest BCUT2D eigenvalue weighted by Gasteiger charge is 2.04. The fraction of sp³-hybridized carbons (Fsp3) is 0.562.